The Morgan fingerprint density at radius 1 is 1.12 bits per heavy atom. The second-order valence-corrected chi connectivity index (χ2v) is 11.3. The number of carbonyl (C=O) groups excluding carboxylic acids is 2. The highest BCUT2D eigenvalue weighted by Crippen LogP contribution is 2.16. The summed E-state index contributed by atoms with van der Waals surface area (Å²) in [6, 6.07) is 12.9. The average molecular weight is 571 g/mol. The van der Waals surface area contributed by atoms with Gasteiger partial charge in [0, 0.05) is 4.47 Å². The van der Waals surface area contributed by atoms with E-state index >= 15 is 0 Å². The van der Waals surface area contributed by atoms with Crippen LogP contribution in [0.4, 0.5) is 5.13 Å². The fourth-order valence-electron chi connectivity index (χ4n) is 2.78. The third-order valence-electron chi connectivity index (χ3n) is 4.44. The molecule has 3 rings (SSSR count). The number of rotatable bonds is 9. The Morgan fingerprint density at radius 2 is 1.79 bits per heavy atom. The Morgan fingerprint density at radius 3 is 2.39 bits per heavy atom. The fraction of sp³-hybridized carbons (Fsp3) is 0.200. The van der Waals surface area contributed by atoms with E-state index < -0.39 is 33.9 Å². The van der Waals surface area contributed by atoms with E-state index in [4.69, 9.17) is 12.2 Å². The minimum atomic E-state index is -4.00. The van der Waals surface area contributed by atoms with Gasteiger partial charge in [-0.1, -0.05) is 57.6 Å². The van der Waals surface area contributed by atoms with Crippen LogP contribution >= 0.6 is 39.5 Å². The Hall–Kier alpha value is -2.45. The second-order valence-electron chi connectivity index (χ2n) is 6.96. The minimum Gasteiger partial charge on any atom is -0.343 e. The van der Waals surface area contributed by atoms with Crippen molar-refractivity contribution in [3.8, 4) is 0 Å². The Kier molecular flexibility index (Phi) is 8.48. The lowest BCUT2D eigenvalue weighted by Gasteiger charge is -2.21. The van der Waals surface area contributed by atoms with Crippen LogP contribution in [-0.2, 0) is 26.0 Å². The summed E-state index contributed by atoms with van der Waals surface area (Å²) in [4.78, 5) is 25.5. The number of anilines is 1. The first kappa shape index (κ1) is 25.2. The first-order chi connectivity index (χ1) is 15.6. The monoisotopic (exact) mass is 569 g/mol. The maximum atomic E-state index is 13.0. The Bertz CT molecular complexity index is 1280. The molecule has 0 fully saturated rings. The van der Waals surface area contributed by atoms with Crippen molar-refractivity contribution >= 4 is 66.5 Å². The first-order valence-electron chi connectivity index (χ1n) is 9.62. The normalized spacial score (nSPS) is 13.2. The maximum absolute atomic E-state index is 13.0. The molecular weight excluding hydrogens is 550 g/mol. The van der Waals surface area contributed by atoms with Crippen LogP contribution in [0, 0.1) is 3.95 Å². The quantitative estimate of drug-likeness (QED) is 0.293. The van der Waals surface area contributed by atoms with Crippen molar-refractivity contribution in [2.45, 2.75) is 30.3 Å². The Labute approximate surface area is 208 Å². The lowest BCUT2D eigenvalue weighted by molar-refractivity contribution is -0.127. The average Bonchev–Trinajstić information content (AvgIpc) is 3.18. The van der Waals surface area contributed by atoms with Gasteiger partial charge in [0.15, 0.2) is 3.95 Å². The van der Waals surface area contributed by atoms with Gasteiger partial charge in [0.25, 0.3) is 0 Å². The number of H-pyrrole nitrogens is 1. The zero-order valence-electron chi connectivity index (χ0n) is 17.2. The lowest BCUT2D eigenvalue weighted by Crippen LogP contribution is -2.52. The minimum absolute atomic E-state index is 0.0158. The van der Waals surface area contributed by atoms with Crippen LogP contribution in [0.1, 0.15) is 12.5 Å². The Balaban J connectivity index is 1.76. The number of amides is 2. The summed E-state index contributed by atoms with van der Waals surface area (Å²) in [5.41, 5.74) is 0.754. The van der Waals surface area contributed by atoms with E-state index in [1.165, 1.54) is 19.1 Å². The number of hydrogen-bond acceptors (Lipinski definition) is 7. The molecule has 3 aromatic rings. The van der Waals surface area contributed by atoms with E-state index in [1.807, 2.05) is 6.07 Å². The molecule has 2 amide bonds. The van der Waals surface area contributed by atoms with Crippen LogP contribution in [-0.4, -0.2) is 42.5 Å². The second kappa shape index (κ2) is 11.1. The number of benzene rings is 2. The van der Waals surface area contributed by atoms with Gasteiger partial charge in [-0.15, -0.1) is 5.10 Å². The largest absolute Gasteiger partial charge is 0.343 e. The van der Waals surface area contributed by atoms with Crippen LogP contribution in [0.25, 0.3) is 0 Å². The van der Waals surface area contributed by atoms with Crippen molar-refractivity contribution in [2.24, 2.45) is 0 Å². The molecule has 2 aromatic carbocycles. The van der Waals surface area contributed by atoms with Crippen molar-refractivity contribution in [1.82, 2.24) is 20.2 Å². The molecule has 1 aromatic heterocycles. The summed E-state index contributed by atoms with van der Waals surface area (Å²) < 4.78 is 29.4. The van der Waals surface area contributed by atoms with Gasteiger partial charge in [-0.3, -0.25) is 20.0 Å². The standard InChI is InChI=1S/C20H20BrN5O4S3/c1-12(17(27)23-19-24-25-20(31)32-19)22-18(28)16(11-13-5-3-2-4-6-13)26-33(29,30)15-9-7-14(21)8-10-15/h2-10,12,16,26H,11H2,1H3,(H,22,28)(H,25,31)(H,23,24,27)/t12-,16-/m0/s1. The summed E-state index contributed by atoms with van der Waals surface area (Å²) in [5, 5.41) is 11.8. The third-order valence-corrected chi connectivity index (χ3v) is 7.46. The van der Waals surface area contributed by atoms with Gasteiger partial charge in [-0.2, -0.15) is 4.72 Å². The van der Waals surface area contributed by atoms with Crippen molar-refractivity contribution in [1.29, 1.82) is 0 Å². The molecule has 2 atom stereocenters. The number of nitrogens with one attached hydrogen (secondary N) is 4. The summed E-state index contributed by atoms with van der Waals surface area (Å²) in [6.45, 7) is 1.49. The molecule has 0 aliphatic carbocycles. The van der Waals surface area contributed by atoms with Crippen molar-refractivity contribution in [2.75, 3.05) is 5.32 Å². The molecule has 174 valence electrons. The first-order valence-corrected chi connectivity index (χ1v) is 13.1. The molecule has 0 unspecified atom stereocenters. The predicted octanol–water partition coefficient (Wildman–Crippen LogP) is 3.00. The predicted molar refractivity (Wildman–Crippen MR) is 132 cm³/mol. The van der Waals surface area contributed by atoms with Gasteiger partial charge in [-0.25, -0.2) is 8.42 Å². The van der Waals surface area contributed by atoms with Crippen molar-refractivity contribution in [3.63, 3.8) is 0 Å². The van der Waals surface area contributed by atoms with Crippen molar-refractivity contribution in [3.05, 3.63) is 68.6 Å². The number of halogens is 1. The molecule has 33 heavy (non-hydrogen) atoms. The molecular formula is C20H20BrN5O4S3. The fourth-order valence-corrected chi connectivity index (χ4v) is 5.04. The van der Waals surface area contributed by atoms with Crippen LogP contribution in [0.2, 0.25) is 0 Å². The summed E-state index contributed by atoms with van der Waals surface area (Å²) >= 11 is 9.27. The molecule has 0 aliphatic heterocycles. The molecule has 13 heteroatoms. The van der Waals surface area contributed by atoms with Gasteiger partial charge in [0.2, 0.25) is 27.0 Å². The summed E-state index contributed by atoms with van der Waals surface area (Å²) in [7, 11) is -4.00. The summed E-state index contributed by atoms with van der Waals surface area (Å²) in [6.07, 6.45) is 0.0948. The van der Waals surface area contributed by atoms with E-state index in [-0.39, 0.29) is 16.4 Å². The van der Waals surface area contributed by atoms with Crippen molar-refractivity contribution < 1.29 is 18.0 Å². The molecule has 0 saturated heterocycles. The lowest BCUT2D eigenvalue weighted by atomic mass is 10.1. The van der Waals surface area contributed by atoms with Crippen LogP contribution in [0.3, 0.4) is 0 Å². The molecule has 0 radical (unpaired) electrons. The van der Waals surface area contributed by atoms with Gasteiger partial charge in [0.1, 0.15) is 12.1 Å². The summed E-state index contributed by atoms with van der Waals surface area (Å²) in [5.74, 6) is -1.16. The molecule has 0 bridgehead atoms. The highest BCUT2D eigenvalue weighted by molar-refractivity contribution is 9.10. The highest BCUT2D eigenvalue weighted by atomic mass is 79.9. The number of nitrogens with zero attached hydrogens (tertiary/aromatic N) is 1. The smallest absolute Gasteiger partial charge is 0.248 e. The number of hydrogen-bond donors (Lipinski definition) is 4. The van der Waals surface area contributed by atoms with E-state index in [0.717, 1.165) is 21.4 Å². The van der Waals surface area contributed by atoms with E-state index in [0.29, 0.717) is 3.95 Å². The van der Waals surface area contributed by atoms with Crippen LogP contribution in [0.5, 0.6) is 0 Å². The molecule has 0 saturated carbocycles. The van der Waals surface area contributed by atoms with Gasteiger partial charge >= 0.3 is 0 Å². The topological polar surface area (TPSA) is 133 Å². The van der Waals surface area contributed by atoms with Gasteiger partial charge < -0.3 is 5.32 Å². The molecule has 0 spiro atoms. The number of aromatic amines is 1. The van der Waals surface area contributed by atoms with E-state index in [1.54, 1.807) is 36.4 Å². The van der Waals surface area contributed by atoms with Crippen LogP contribution in [0.15, 0.2) is 64.0 Å². The molecule has 0 aliphatic rings. The molecule has 1 heterocycles. The van der Waals surface area contributed by atoms with Gasteiger partial charge in [0.05, 0.1) is 4.90 Å². The van der Waals surface area contributed by atoms with Gasteiger partial charge in [-0.05, 0) is 55.4 Å². The zero-order valence-corrected chi connectivity index (χ0v) is 21.3. The van der Waals surface area contributed by atoms with E-state index in [9.17, 15) is 18.0 Å². The number of aromatic nitrogens is 2. The van der Waals surface area contributed by atoms with Crippen LogP contribution < -0.4 is 15.4 Å². The highest BCUT2D eigenvalue weighted by Gasteiger charge is 2.28. The number of carbonyl (C=O) groups is 2. The van der Waals surface area contributed by atoms with E-state index in [2.05, 4.69) is 41.5 Å². The molecule has 9 nitrogen and oxygen atoms in total. The maximum Gasteiger partial charge on any atom is 0.248 e. The number of sulfonamides is 1. The third kappa shape index (κ3) is 7.27. The molecule has 4 N–H and O–H groups in total. The SMILES string of the molecule is C[C@H](NC(=O)[C@H](Cc1ccccc1)NS(=O)(=O)c1ccc(Br)cc1)C(=O)Nc1n[nH]c(=S)s1. The zero-order chi connectivity index (χ0) is 24.0.